The maximum absolute atomic E-state index is 13.7. The summed E-state index contributed by atoms with van der Waals surface area (Å²) < 4.78 is 67.7. The third-order valence-corrected chi connectivity index (χ3v) is 5.76. The van der Waals surface area contributed by atoms with Crippen LogP contribution in [-0.4, -0.2) is 27.0 Å². The van der Waals surface area contributed by atoms with Crippen LogP contribution in [0.1, 0.15) is 59.9 Å². The van der Waals surface area contributed by atoms with E-state index in [4.69, 9.17) is 0 Å². The number of benzene rings is 1. The number of alkyl halides is 5. The summed E-state index contributed by atoms with van der Waals surface area (Å²) in [4.78, 5) is 26.7. The van der Waals surface area contributed by atoms with E-state index < -0.39 is 35.5 Å². The molecule has 174 valence electrons. The van der Waals surface area contributed by atoms with Gasteiger partial charge in [-0.3, -0.25) is 9.48 Å². The maximum atomic E-state index is 13.7. The fraction of sp³-hybridized carbons (Fsp3) is 0.364. The van der Waals surface area contributed by atoms with Crippen LogP contribution >= 0.6 is 0 Å². The van der Waals surface area contributed by atoms with E-state index in [2.05, 4.69) is 15.4 Å². The van der Waals surface area contributed by atoms with Crippen LogP contribution in [0.25, 0.3) is 10.9 Å². The molecule has 1 aliphatic carbocycles. The minimum atomic E-state index is -4.75. The molecule has 1 amide bonds. The third-order valence-electron chi connectivity index (χ3n) is 5.76. The monoisotopic (exact) mass is 466 g/mol. The number of carbonyl (C=O) groups is 2. The summed E-state index contributed by atoms with van der Waals surface area (Å²) in [5.41, 5.74) is -2.24. The van der Waals surface area contributed by atoms with Gasteiger partial charge in [0.25, 0.3) is 12.3 Å². The van der Waals surface area contributed by atoms with Crippen LogP contribution in [-0.2, 0) is 11.0 Å². The molecule has 3 aromatic rings. The van der Waals surface area contributed by atoms with E-state index in [-0.39, 0.29) is 17.6 Å². The first-order valence-corrected chi connectivity index (χ1v) is 10.3. The van der Waals surface area contributed by atoms with Crippen molar-refractivity contribution in [1.82, 2.24) is 14.8 Å². The van der Waals surface area contributed by atoms with Crippen LogP contribution in [0, 0.1) is 5.92 Å². The van der Waals surface area contributed by atoms with Gasteiger partial charge >= 0.3 is 6.18 Å². The standard InChI is InChI=1S/C22H19F5N4O2/c23-20(24)15-9-17-13(10-31(30-17)14-6-4-12(11-32)5-7-14)8-18(15)29-21(33)16-2-1-3-19(28-16)22(25,26)27/h1-3,8-12,14,20H,4-7H2,(H,29,33)/t12-,14-. The lowest BCUT2D eigenvalue weighted by Gasteiger charge is -2.25. The van der Waals surface area contributed by atoms with Crippen molar-refractivity contribution in [2.75, 3.05) is 5.32 Å². The quantitative estimate of drug-likeness (QED) is 0.394. The molecule has 11 heteroatoms. The number of hydrogen-bond acceptors (Lipinski definition) is 4. The highest BCUT2D eigenvalue weighted by Gasteiger charge is 2.33. The van der Waals surface area contributed by atoms with E-state index >= 15 is 0 Å². The topological polar surface area (TPSA) is 76.9 Å². The molecule has 1 saturated carbocycles. The van der Waals surface area contributed by atoms with Crippen molar-refractivity contribution in [3.63, 3.8) is 0 Å². The molecule has 0 saturated heterocycles. The highest BCUT2D eigenvalue weighted by Crippen LogP contribution is 2.35. The van der Waals surface area contributed by atoms with Crippen molar-refractivity contribution in [3.8, 4) is 0 Å². The Morgan fingerprint density at radius 1 is 1.15 bits per heavy atom. The van der Waals surface area contributed by atoms with Crippen LogP contribution in [0.3, 0.4) is 0 Å². The number of fused-ring (bicyclic) bond motifs is 1. The fourth-order valence-electron chi connectivity index (χ4n) is 3.99. The van der Waals surface area contributed by atoms with Crippen molar-refractivity contribution in [2.24, 2.45) is 5.92 Å². The predicted molar refractivity (Wildman–Crippen MR) is 109 cm³/mol. The number of anilines is 1. The Kier molecular flexibility index (Phi) is 6.13. The molecule has 0 aliphatic heterocycles. The van der Waals surface area contributed by atoms with E-state index in [0.717, 1.165) is 50.2 Å². The molecule has 4 rings (SSSR count). The summed E-state index contributed by atoms with van der Waals surface area (Å²) in [6, 6.07) is 5.30. The highest BCUT2D eigenvalue weighted by atomic mass is 19.4. The number of nitrogens with zero attached hydrogens (tertiary/aromatic N) is 3. The van der Waals surface area contributed by atoms with Gasteiger partial charge in [0, 0.05) is 23.1 Å². The largest absolute Gasteiger partial charge is 0.433 e. The molecule has 0 spiro atoms. The molecule has 0 bridgehead atoms. The van der Waals surface area contributed by atoms with Crippen molar-refractivity contribution in [2.45, 2.75) is 44.3 Å². The number of aromatic nitrogens is 3. The van der Waals surface area contributed by atoms with Gasteiger partial charge in [-0.05, 0) is 49.9 Å². The molecule has 1 fully saturated rings. The molecular formula is C22H19F5N4O2. The lowest BCUT2D eigenvalue weighted by Crippen LogP contribution is -2.19. The zero-order valence-electron chi connectivity index (χ0n) is 17.1. The van der Waals surface area contributed by atoms with Gasteiger partial charge in [-0.25, -0.2) is 13.8 Å². The zero-order valence-corrected chi connectivity index (χ0v) is 17.1. The third kappa shape index (κ3) is 4.86. The van der Waals surface area contributed by atoms with Crippen LogP contribution in [0.15, 0.2) is 36.5 Å². The Balaban J connectivity index is 1.62. The lowest BCUT2D eigenvalue weighted by atomic mass is 9.87. The molecule has 2 heterocycles. The second kappa shape index (κ2) is 8.87. The Morgan fingerprint density at radius 3 is 2.52 bits per heavy atom. The van der Waals surface area contributed by atoms with Gasteiger partial charge in [0.2, 0.25) is 0 Å². The van der Waals surface area contributed by atoms with E-state index in [1.54, 1.807) is 10.9 Å². The molecule has 33 heavy (non-hydrogen) atoms. The number of nitrogens with one attached hydrogen (secondary N) is 1. The molecule has 1 aliphatic rings. The number of halogens is 5. The fourth-order valence-corrected chi connectivity index (χ4v) is 3.99. The smallest absolute Gasteiger partial charge is 0.320 e. The van der Waals surface area contributed by atoms with Crippen molar-refractivity contribution in [3.05, 3.63) is 53.5 Å². The van der Waals surface area contributed by atoms with E-state index in [0.29, 0.717) is 17.0 Å². The lowest BCUT2D eigenvalue weighted by molar-refractivity contribution is -0.141. The predicted octanol–water partition coefficient (Wildman–Crippen LogP) is 5.57. The summed E-state index contributed by atoms with van der Waals surface area (Å²) in [6.45, 7) is 0. The van der Waals surface area contributed by atoms with Crippen LogP contribution in [0.4, 0.5) is 27.6 Å². The Bertz CT molecular complexity index is 1180. The first-order valence-electron chi connectivity index (χ1n) is 10.3. The zero-order chi connectivity index (χ0) is 23.8. The van der Waals surface area contributed by atoms with Crippen molar-refractivity contribution in [1.29, 1.82) is 0 Å². The summed E-state index contributed by atoms with van der Waals surface area (Å²) in [7, 11) is 0. The molecule has 0 atom stereocenters. The van der Waals surface area contributed by atoms with Gasteiger partial charge in [-0.1, -0.05) is 6.07 Å². The van der Waals surface area contributed by atoms with Gasteiger partial charge in [0.15, 0.2) is 0 Å². The number of amides is 1. The number of carbonyl (C=O) groups excluding carboxylic acids is 2. The SMILES string of the molecule is O=C[C@H]1CC[C@H](n2cc3cc(NC(=O)c4cccc(C(F)(F)F)n4)c(C(F)F)cc3n2)CC1. The molecule has 0 unspecified atom stereocenters. The second-order valence-electron chi connectivity index (χ2n) is 7.97. The molecule has 2 aromatic heterocycles. The molecule has 0 radical (unpaired) electrons. The average Bonchev–Trinajstić information content (AvgIpc) is 3.21. The van der Waals surface area contributed by atoms with Crippen LogP contribution < -0.4 is 5.32 Å². The molecular weight excluding hydrogens is 447 g/mol. The Morgan fingerprint density at radius 2 is 1.88 bits per heavy atom. The van der Waals surface area contributed by atoms with Crippen LogP contribution in [0.5, 0.6) is 0 Å². The minimum absolute atomic E-state index is 0.0166. The van der Waals surface area contributed by atoms with Crippen molar-refractivity contribution >= 4 is 28.8 Å². The molecule has 1 N–H and O–H groups in total. The van der Waals surface area contributed by atoms with Crippen LogP contribution in [0.2, 0.25) is 0 Å². The summed E-state index contributed by atoms with van der Waals surface area (Å²) in [5.74, 6) is -1.02. The first-order chi connectivity index (χ1) is 15.7. The molecule has 1 aromatic carbocycles. The second-order valence-corrected chi connectivity index (χ2v) is 7.97. The van der Waals surface area contributed by atoms with E-state index in [1.807, 2.05) is 0 Å². The van der Waals surface area contributed by atoms with Gasteiger partial charge in [-0.15, -0.1) is 0 Å². The summed E-state index contributed by atoms with van der Waals surface area (Å²) in [5, 5.41) is 7.14. The summed E-state index contributed by atoms with van der Waals surface area (Å²) in [6.07, 6.45) is -2.19. The minimum Gasteiger partial charge on any atom is -0.320 e. The number of hydrogen-bond donors (Lipinski definition) is 1. The van der Waals surface area contributed by atoms with Crippen molar-refractivity contribution < 1.29 is 31.5 Å². The van der Waals surface area contributed by atoms with E-state index in [9.17, 15) is 31.5 Å². The number of pyridine rings is 1. The van der Waals surface area contributed by atoms with Gasteiger partial charge in [0.1, 0.15) is 17.7 Å². The van der Waals surface area contributed by atoms with E-state index in [1.165, 1.54) is 6.07 Å². The summed E-state index contributed by atoms with van der Waals surface area (Å²) >= 11 is 0. The Hall–Kier alpha value is -3.37. The normalized spacial score (nSPS) is 19.1. The van der Waals surface area contributed by atoms with Gasteiger partial charge in [0.05, 0.1) is 17.2 Å². The Labute approximate surface area is 184 Å². The number of rotatable bonds is 5. The van der Waals surface area contributed by atoms with Gasteiger partial charge in [-0.2, -0.15) is 18.3 Å². The molecule has 6 nitrogen and oxygen atoms in total. The number of aldehydes is 1. The van der Waals surface area contributed by atoms with Gasteiger partial charge < -0.3 is 10.1 Å². The first kappa shape index (κ1) is 22.8. The average molecular weight is 466 g/mol. The highest BCUT2D eigenvalue weighted by molar-refractivity contribution is 6.04. The maximum Gasteiger partial charge on any atom is 0.433 e.